The topological polar surface area (TPSA) is 65.8 Å². The average molecular weight is 428 g/mol. The Morgan fingerprint density at radius 3 is 2.53 bits per heavy atom. The predicted molar refractivity (Wildman–Crippen MR) is 116 cm³/mol. The van der Waals surface area contributed by atoms with E-state index in [9.17, 15) is 4.79 Å². The number of nitriles is 1. The maximum Gasteiger partial charge on any atom is 0.260 e. The highest BCUT2D eigenvalue weighted by Crippen LogP contribution is 2.29. The molecule has 6 nitrogen and oxygen atoms in total. The lowest BCUT2D eigenvalue weighted by molar-refractivity contribution is -0.135. The van der Waals surface area contributed by atoms with Crippen molar-refractivity contribution < 1.29 is 14.3 Å². The van der Waals surface area contributed by atoms with E-state index in [1.54, 1.807) is 18.2 Å². The SMILES string of the molecule is CCOc1cc(C#N)ccc1OCC(=O)N1CCN(C(C)c2ccccc2Cl)CC1. The third-order valence-corrected chi connectivity index (χ3v) is 5.64. The molecule has 0 saturated carbocycles. The Morgan fingerprint density at radius 2 is 1.87 bits per heavy atom. The Hall–Kier alpha value is -2.75. The molecule has 1 amide bonds. The van der Waals surface area contributed by atoms with Crippen molar-refractivity contribution in [2.75, 3.05) is 39.4 Å². The number of carbonyl (C=O) groups excluding carboxylic acids is 1. The minimum absolute atomic E-state index is 0.0631. The van der Waals surface area contributed by atoms with E-state index >= 15 is 0 Å². The zero-order valence-corrected chi connectivity index (χ0v) is 18.1. The smallest absolute Gasteiger partial charge is 0.260 e. The van der Waals surface area contributed by atoms with Gasteiger partial charge in [0.05, 0.1) is 18.2 Å². The number of hydrogen-bond acceptors (Lipinski definition) is 5. The van der Waals surface area contributed by atoms with E-state index in [0.29, 0.717) is 36.8 Å². The van der Waals surface area contributed by atoms with Gasteiger partial charge in [-0.25, -0.2) is 0 Å². The molecule has 2 aromatic rings. The number of rotatable bonds is 7. The molecule has 158 valence electrons. The van der Waals surface area contributed by atoms with Crippen LogP contribution in [0.25, 0.3) is 0 Å². The van der Waals surface area contributed by atoms with E-state index < -0.39 is 0 Å². The van der Waals surface area contributed by atoms with Crippen LogP contribution in [0.1, 0.15) is 31.0 Å². The monoisotopic (exact) mass is 427 g/mol. The summed E-state index contributed by atoms with van der Waals surface area (Å²) in [6.45, 7) is 7.22. The highest BCUT2D eigenvalue weighted by atomic mass is 35.5. The molecule has 1 atom stereocenters. The Bertz CT molecular complexity index is 920. The van der Waals surface area contributed by atoms with E-state index in [0.717, 1.165) is 23.7 Å². The normalized spacial score (nSPS) is 15.3. The molecule has 0 bridgehead atoms. The molecule has 30 heavy (non-hydrogen) atoms. The molecule has 1 unspecified atom stereocenters. The van der Waals surface area contributed by atoms with Gasteiger partial charge in [0.25, 0.3) is 5.91 Å². The van der Waals surface area contributed by atoms with E-state index in [4.69, 9.17) is 26.3 Å². The van der Waals surface area contributed by atoms with Crippen LogP contribution in [0.5, 0.6) is 11.5 Å². The second kappa shape index (κ2) is 10.3. The molecule has 2 aromatic carbocycles. The number of amides is 1. The first kappa shape index (κ1) is 21.9. The molecular weight excluding hydrogens is 402 g/mol. The van der Waals surface area contributed by atoms with Gasteiger partial charge in [-0.1, -0.05) is 29.8 Å². The third kappa shape index (κ3) is 5.24. The molecule has 0 aromatic heterocycles. The van der Waals surface area contributed by atoms with Crippen LogP contribution >= 0.6 is 11.6 Å². The number of benzene rings is 2. The molecular formula is C23H26ClN3O3. The first-order valence-corrected chi connectivity index (χ1v) is 10.5. The van der Waals surface area contributed by atoms with Gasteiger partial charge < -0.3 is 14.4 Å². The Labute approximate surface area is 182 Å². The summed E-state index contributed by atoms with van der Waals surface area (Å²) in [7, 11) is 0. The Morgan fingerprint density at radius 1 is 1.13 bits per heavy atom. The van der Waals surface area contributed by atoms with E-state index in [2.05, 4.69) is 17.9 Å². The van der Waals surface area contributed by atoms with Crippen LogP contribution in [-0.2, 0) is 4.79 Å². The van der Waals surface area contributed by atoms with Gasteiger partial charge in [0.1, 0.15) is 0 Å². The van der Waals surface area contributed by atoms with E-state index in [1.807, 2.05) is 36.1 Å². The van der Waals surface area contributed by atoms with Gasteiger partial charge in [-0.05, 0) is 37.6 Å². The number of nitrogens with zero attached hydrogens (tertiary/aromatic N) is 3. The summed E-state index contributed by atoms with van der Waals surface area (Å²) in [6, 6.07) is 15.1. The zero-order valence-electron chi connectivity index (χ0n) is 17.3. The van der Waals surface area contributed by atoms with Crippen LogP contribution in [0.15, 0.2) is 42.5 Å². The van der Waals surface area contributed by atoms with Crippen LogP contribution in [0.4, 0.5) is 0 Å². The fourth-order valence-electron chi connectivity index (χ4n) is 3.57. The number of ether oxygens (including phenoxy) is 2. The van der Waals surface area contributed by atoms with Crippen molar-refractivity contribution in [3.63, 3.8) is 0 Å². The molecule has 1 heterocycles. The summed E-state index contributed by atoms with van der Waals surface area (Å²) in [6.07, 6.45) is 0. The zero-order chi connectivity index (χ0) is 21.5. The van der Waals surface area contributed by atoms with Crippen molar-refractivity contribution in [1.29, 1.82) is 5.26 Å². The average Bonchev–Trinajstić information content (AvgIpc) is 2.78. The lowest BCUT2D eigenvalue weighted by Crippen LogP contribution is -2.50. The second-order valence-electron chi connectivity index (χ2n) is 7.11. The van der Waals surface area contributed by atoms with Gasteiger partial charge in [-0.3, -0.25) is 9.69 Å². The summed E-state index contributed by atoms with van der Waals surface area (Å²) in [5, 5.41) is 9.81. The predicted octanol–water partition coefficient (Wildman–Crippen LogP) is 3.89. The number of piperazine rings is 1. The second-order valence-corrected chi connectivity index (χ2v) is 7.52. The van der Waals surface area contributed by atoms with Gasteiger partial charge in [-0.2, -0.15) is 5.26 Å². The fourth-order valence-corrected chi connectivity index (χ4v) is 3.86. The first-order valence-electron chi connectivity index (χ1n) is 10.1. The standard InChI is InChI=1S/C23H26ClN3O3/c1-3-29-22-14-18(15-25)8-9-21(22)30-16-23(28)27-12-10-26(11-13-27)17(2)19-6-4-5-7-20(19)24/h4-9,14,17H,3,10-13,16H2,1-2H3. The maximum absolute atomic E-state index is 12.6. The van der Waals surface area contributed by atoms with Crippen molar-refractivity contribution in [3.05, 3.63) is 58.6 Å². The quantitative estimate of drug-likeness (QED) is 0.670. The summed E-state index contributed by atoms with van der Waals surface area (Å²) in [4.78, 5) is 16.8. The molecule has 0 spiro atoms. The van der Waals surface area contributed by atoms with Crippen molar-refractivity contribution in [1.82, 2.24) is 9.80 Å². The van der Waals surface area contributed by atoms with Crippen LogP contribution in [0, 0.1) is 11.3 Å². The van der Waals surface area contributed by atoms with Gasteiger partial charge in [0, 0.05) is 43.3 Å². The van der Waals surface area contributed by atoms with Crippen molar-refractivity contribution in [3.8, 4) is 17.6 Å². The van der Waals surface area contributed by atoms with Gasteiger partial charge in [-0.15, -0.1) is 0 Å². The van der Waals surface area contributed by atoms with Crippen LogP contribution in [-0.4, -0.2) is 55.1 Å². The maximum atomic E-state index is 12.6. The number of hydrogen-bond donors (Lipinski definition) is 0. The van der Waals surface area contributed by atoms with Crippen LogP contribution in [0.2, 0.25) is 5.02 Å². The summed E-state index contributed by atoms with van der Waals surface area (Å²) in [5.74, 6) is 0.879. The molecule has 1 aliphatic heterocycles. The number of halogens is 1. The first-order chi connectivity index (χ1) is 14.5. The lowest BCUT2D eigenvalue weighted by Gasteiger charge is -2.38. The summed E-state index contributed by atoms with van der Waals surface area (Å²) < 4.78 is 11.2. The molecule has 0 N–H and O–H groups in total. The molecule has 0 aliphatic carbocycles. The number of carbonyl (C=O) groups is 1. The molecule has 1 fully saturated rings. The highest BCUT2D eigenvalue weighted by Gasteiger charge is 2.26. The van der Waals surface area contributed by atoms with Crippen molar-refractivity contribution >= 4 is 17.5 Å². The largest absolute Gasteiger partial charge is 0.490 e. The van der Waals surface area contributed by atoms with Crippen molar-refractivity contribution in [2.24, 2.45) is 0 Å². The Balaban J connectivity index is 1.54. The van der Waals surface area contributed by atoms with Crippen LogP contribution in [0.3, 0.4) is 0 Å². The molecule has 1 saturated heterocycles. The highest BCUT2D eigenvalue weighted by molar-refractivity contribution is 6.31. The van der Waals surface area contributed by atoms with E-state index in [-0.39, 0.29) is 18.6 Å². The molecule has 1 aliphatic rings. The van der Waals surface area contributed by atoms with Gasteiger partial charge >= 0.3 is 0 Å². The fraction of sp³-hybridized carbons (Fsp3) is 0.391. The van der Waals surface area contributed by atoms with Gasteiger partial charge in [0.2, 0.25) is 0 Å². The molecule has 3 rings (SSSR count). The molecule has 7 heteroatoms. The summed E-state index contributed by atoms with van der Waals surface area (Å²) >= 11 is 6.34. The minimum Gasteiger partial charge on any atom is -0.490 e. The van der Waals surface area contributed by atoms with Gasteiger partial charge in [0.15, 0.2) is 18.1 Å². The van der Waals surface area contributed by atoms with E-state index in [1.165, 1.54) is 0 Å². The third-order valence-electron chi connectivity index (χ3n) is 5.29. The summed E-state index contributed by atoms with van der Waals surface area (Å²) in [5.41, 5.74) is 1.59. The minimum atomic E-state index is -0.0635. The lowest BCUT2D eigenvalue weighted by atomic mass is 10.1. The van der Waals surface area contributed by atoms with Crippen molar-refractivity contribution in [2.45, 2.75) is 19.9 Å². The van der Waals surface area contributed by atoms with Crippen LogP contribution < -0.4 is 9.47 Å². The Kier molecular flexibility index (Phi) is 7.56. The molecule has 0 radical (unpaired) electrons.